The van der Waals surface area contributed by atoms with Gasteiger partial charge in [-0.3, -0.25) is 4.79 Å². The smallest absolute Gasteiger partial charge is 0.235 e. The van der Waals surface area contributed by atoms with Gasteiger partial charge in [-0.15, -0.1) is 0 Å². The normalized spacial score (nSPS) is 16.4. The third-order valence-electron chi connectivity index (χ3n) is 4.29. The fourth-order valence-corrected chi connectivity index (χ4v) is 4.18. The van der Waals surface area contributed by atoms with Gasteiger partial charge in [0.1, 0.15) is 0 Å². The standard InChI is InChI=1S/C17H26N2O3S/c1-23(21,22)19(16-10-6-3-7-11-16)14-17(20)18-13-12-15-8-4-2-5-9-15/h2,4-5,8-9,16H,3,6-7,10-14H2,1H3,(H,18,20). The van der Waals surface area contributed by atoms with Crippen molar-refractivity contribution in [2.24, 2.45) is 0 Å². The number of sulfonamides is 1. The van der Waals surface area contributed by atoms with Crippen LogP contribution in [-0.2, 0) is 21.2 Å². The quantitative estimate of drug-likeness (QED) is 0.826. The number of hydrogen-bond acceptors (Lipinski definition) is 3. The van der Waals surface area contributed by atoms with E-state index in [1.54, 1.807) is 0 Å². The number of benzene rings is 1. The fourth-order valence-electron chi connectivity index (χ4n) is 3.07. The summed E-state index contributed by atoms with van der Waals surface area (Å²) in [4.78, 5) is 12.1. The number of carbonyl (C=O) groups excluding carboxylic acids is 1. The van der Waals surface area contributed by atoms with Crippen molar-refractivity contribution in [2.75, 3.05) is 19.3 Å². The van der Waals surface area contributed by atoms with Crippen molar-refractivity contribution in [2.45, 2.75) is 44.6 Å². The van der Waals surface area contributed by atoms with Gasteiger partial charge in [-0.05, 0) is 24.8 Å². The molecule has 0 bridgehead atoms. The summed E-state index contributed by atoms with van der Waals surface area (Å²) in [6.45, 7) is 0.448. The number of carbonyl (C=O) groups is 1. The Morgan fingerprint density at radius 3 is 2.43 bits per heavy atom. The van der Waals surface area contributed by atoms with E-state index in [-0.39, 0.29) is 18.5 Å². The molecular formula is C17H26N2O3S. The number of hydrogen-bond donors (Lipinski definition) is 1. The fraction of sp³-hybridized carbons (Fsp3) is 0.588. The summed E-state index contributed by atoms with van der Waals surface area (Å²) in [5, 5.41) is 2.83. The van der Waals surface area contributed by atoms with E-state index in [2.05, 4.69) is 5.32 Å². The highest BCUT2D eigenvalue weighted by Gasteiger charge is 2.29. The van der Waals surface area contributed by atoms with Crippen molar-refractivity contribution >= 4 is 15.9 Å². The van der Waals surface area contributed by atoms with Crippen LogP contribution in [0.15, 0.2) is 30.3 Å². The molecule has 1 amide bonds. The highest BCUT2D eigenvalue weighted by atomic mass is 32.2. The molecule has 1 fully saturated rings. The zero-order valence-electron chi connectivity index (χ0n) is 13.7. The van der Waals surface area contributed by atoms with Crippen LogP contribution in [0.5, 0.6) is 0 Å². The molecule has 1 N–H and O–H groups in total. The van der Waals surface area contributed by atoms with Gasteiger partial charge in [-0.25, -0.2) is 8.42 Å². The minimum Gasteiger partial charge on any atom is -0.355 e. The molecule has 0 unspecified atom stereocenters. The lowest BCUT2D eigenvalue weighted by molar-refractivity contribution is -0.121. The molecule has 0 heterocycles. The predicted octanol–water partition coefficient (Wildman–Crippen LogP) is 1.94. The zero-order chi connectivity index (χ0) is 16.7. The number of nitrogens with one attached hydrogen (secondary N) is 1. The second kappa shape index (κ2) is 8.45. The first-order valence-corrected chi connectivity index (χ1v) is 10.1. The molecule has 1 aliphatic carbocycles. The van der Waals surface area contributed by atoms with Crippen LogP contribution in [0.25, 0.3) is 0 Å². The van der Waals surface area contributed by atoms with Crippen LogP contribution >= 0.6 is 0 Å². The molecule has 128 valence electrons. The summed E-state index contributed by atoms with van der Waals surface area (Å²) >= 11 is 0. The Morgan fingerprint density at radius 2 is 1.83 bits per heavy atom. The molecule has 0 radical (unpaired) electrons. The summed E-state index contributed by atoms with van der Waals surface area (Å²) in [5.41, 5.74) is 1.15. The Morgan fingerprint density at radius 1 is 1.17 bits per heavy atom. The minimum absolute atomic E-state index is 0.0291. The largest absolute Gasteiger partial charge is 0.355 e. The molecule has 2 rings (SSSR count). The average Bonchev–Trinajstić information content (AvgIpc) is 2.53. The minimum atomic E-state index is -3.36. The lowest BCUT2D eigenvalue weighted by Crippen LogP contribution is -2.46. The average molecular weight is 338 g/mol. The summed E-state index contributed by atoms with van der Waals surface area (Å²) in [6.07, 6.45) is 6.86. The molecule has 5 nitrogen and oxygen atoms in total. The highest BCUT2D eigenvalue weighted by Crippen LogP contribution is 2.24. The molecule has 0 saturated heterocycles. The van der Waals surface area contributed by atoms with Gasteiger partial charge in [0.15, 0.2) is 0 Å². The molecule has 0 spiro atoms. The van der Waals surface area contributed by atoms with Gasteiger partial charge >= 0.3 is 0 Å². The van der Waals surface area contributed by atoms with Crippen molar-refractivity contribution in [3.63, 3.8) is 0 Å². The monoisotopic (exact) mass is 338 g/mol. The van der Waals surface area contributed by atoms with Crippen molar-refractivity contribution < 1.29 is 13.2 Å². The summed E-state index contributed by atoms with van der Waals surface area (Å²) in [7, 11) is -3.36. The Bertz CT molecular complexity index is 596. The number of rotatable bonds is 7. The Balaban J connectivity index is 1.85. The van der Waals surface area contributed by atoms with Gasteiger partial charge in [0.25, 0.3) is 0 Å². The maximum atomic E-state index is 12.1. The van der Waals surface area contributed by atoms with Crippen molar-refractivity contribution in [1.29, 1.82) is 0 Å². The summed E-state index contributed by atoms with van der Waals surface area (Å²) < 4.78 is 25.4. The van der Waals surface area contributed by atoms with Gasteiger partial charge in [0.2, 0.25) is 15.9 Å². The maximum Gasteiger partial charge on any atom is 0.235 e. The van der Waals surface area contributed by atoms with Gasteiger partial charge in [-0.2, -0.15) is 4.31 Å². The molecule has 1 aliphatic rings. The van der Waals surface area contributed by atoms with Crippen LogP contribution in [0.2, 0.25) is 0 Å². The summed E-state index contributed by atoms with van der Waals surface area (Å²) in [6, 6.07) is 9.88. The first kappa shape index (κ1) is 17.9. The molecule has 1 aromatic rings. The van der Waals surface area contributed by atoms with Crippen LogP contribution < -0.4 is 5.32 Å². The van der Waals surface area contributed by atoms with E-state index in [1.807, 2.05) is 30.3 Å². The Labute approximate surface area is 139 Å². The van der Waals surface area contributed by atoms with E-state index < -0.39 is 10.0 Å². The predicted molar refractivity (Wildman–Crippen MR) is 91.6 cm³/mol. The topological polar surface area (TPSA) is 66.5 Å². The molecule has 0 aromatic heterocycles. The van der Waals surface area contributed by atoms with Gasteiger partial charge < -0.3 is 5.32 Å². The molecule has 1 aromatic carbocycles. The first-order chi connectivity index (χ1) is 11.0. The third kappa shape index (κ3) is 5.95. The van der Waals surface area contributed by atoms with Crippen LogP contribution in [0, 0.1) is 0 Å². The molecule has 1 saturated carbocycles. The van der Waals surface area contributed by atoms with Crippen molar-refractivity contribution in [3.05, 3.63) is 35.9 Å². The maximum absolute atomic E-state index is 12.1. The van der Waals surface area contributed by atoms with Gasteiger partial charge in [0, 0.05) is 12.6 Å². The van der Waals surface area contributed by atoms with E-state index >= 15 is 0 Å². The summed E-state index contributed by atoms with van der Waals surface area (Å²) in [5.74, 6) is -0.225. The van der Waals surface area contributed by atoms with E-state index in [0.717, 1.165) is 44.1 Å². The Kier molecular flexibility index (Phi) is 6.59. The Hall–Kier alpha value is -1.40. The van der Waals surface area contributed by atoms with Crippen molar-refractivity contribution in [3.8, 4) is 0 Å². The van der Waals surface area contributed by atoms with E-state index in [1.165, 1.54) is 10.6 Å². The highest BCUT2D eigenvalue weighted by molar-refractivity contribution is 7.88. The lowest BCUT2D eigenvalue weighted by atomic mass is 9.95. The second-order valence-electron chi connectivity index (χ2n) is 6.19. The lowest BCUT2D eigenvalue weighted by Gasteiger charge is -2.31. The zero-order valence-corrected chi connectivity index (χ0v) is 14.5. The van der Waals surface area contributed by atoms with Crippen LogP contribution in [0.3, 0.4) is 0 Å². The SMILES string of the molecule is CS(=O)(=O)N(CC(=O)NCCc1ccccc1)C1CCCCC1. The van der Waals surface area contributed by atoms with Crippen LogP contribution in [0.1, 0.15) is 37.7 Å². The van der Waals surface area contributed by atoms with E-state index in [0.29, 0.717) is 6.54 Å². The third-order valence-corrected chi connectivity index (χ3v) is 5.57. The van der Waals surface area contributed by atoms with E-state index in [4.69, 9.17) is 0 Å². The second-order valence-corrected chi connectivity index (χ2v) is 8.12. The molecule has 23 heavy (non-hydrogen) atoms. The number of nitrogens with zero attached hydrogens (tertiary/aromatic N) is 1. The molecule has 6 heteroatoms. The number of amides is 1. The molecular weight excluding hydrogens is 312 g/mol. The van der Waals surface area contributed by atoms with E-state index in [9.17, 15) is 13.2 Å². The van der Waals surface area contributed by atoms with Gasteiger partial charge in [0.05, 0.1) is 12.8 Å². The molecule has 0 atom stereocenters. The van der Waals surface area contributed by atoms with Crippen LogP contribution in [-0.4, -0.2) is 44.0 Å². The van der Waals surface area contributed by atoms with Crippen LogP contribution in [0.4, 0.5) is 0 Å². The van der Waals surface area contributed by atoms with Crippen molar-refractivity contribution in [1.82, 2.24) is 9.62 Å². The van der Waals surface area contributed by atoms with Gasteiger partial charge in [-0.1, -0.05) is 49.6 Å². The molecule has 0 aliphatic heterocycles. The first-order valence-electron chi connectivity index (χ1n) is 8.24.